The van der Waals surface area contributed by atoms with E-state index in [1.54, 1.807) is 7.11 Å². The molecular weight excluding hydrogens is 333 g/mol. The van der Waals surface area contributed by atoms with Gasteiger partial charge in [-0.3, -0.25) is 0 Å². The largest absolute Gasteiger partial charge is 0.383 e. The van der Waals surface area contributed by atoms with Crippen molar-refractivity contribution in [2.45, 2.75) is 19.8 Å². The minimum atomic E-state index is 0.560. The molecule has 0 amide bonds. The monoisotopic (exact) mass is 351 g/mol. The second kappa shape index (κ2) is 7.78. The van der Waals surface area contributed by atoms with E-state index in [-0.39, 0.29) is 0 Å². The van der Waals surface area contributed by atoms with Crippen LogP contribution < -0.4 is 5.73 Å². The fourth-order valence-electron chi connectivity index (χ4n) is 1.32. The van der Waals surface area contributed by atoms with Crippen molar-refractivity contribution in [3.63, 3.8) is 0 Å². The van der Waals surface area contributed by atoms with Crippen molar-refractivity contribution in [3.05, 3.63) is 15.1 Å². The van der Waals surface area contributed by atoms with Gasteiger partial charge in [-0.05, 0) is 29.0 Å². The normalized spacial score (nSPS) is 10.8. The summed E-state index contributed by atoms with van der Waals surface area (Å²) in [7, 11) is 1.65. The SMILES string of the molecule is CCc1nc(CCOCCOC)nc(N)c1I. The Morgan fingerprint density at radius 2 is 2.00 bits per heavy atom. The quantitative estimate of drug-likeness (QED) is 0.595. The number of rotatable bonds is 7. The van der Waals surface area contributed by atoms with Crippen LogP contribution in [0.15, 0.2) is 0 Å². The zero-order valence-electron chi connectivity index (χ0n) is 10.2. The van der Waals surface area contributed by atoms with Gasteiger partial charge in [0, 0.05) is 13.5 Å². The predicted octanol–water partition coefficient (Wildman–Crippen LogP) is 1.43. The Morgan fingerprint density at radius 1 is 1.24 bits per heavy atom. The summed E-state index contributed by atoms with van der Waals surface area (Å²) in [5, 5.41) is 0. The van der Waals surface area contributed by atoms with Crippen LogP contribution in [0.5, 0.6) is 0 Å². The summed E-state index contributed by atoms with van der Waals surface area (Å²) >= 11 is 2.18. The van der Waals surface area contributed by atoms with Gasteiger partial charge in [-0.25, -0.2) is 9.97 Å². The Labute approximate surface area is 115 Å². The van der Waals surface area contributed by atoms with Crippen LogP contribution in [0.25, 0.3) is 0 Å². The highest BCUT2D eigenvalue weighted by Gasteiger charge is 2.08. The number of anilines is 1. The first-order chi connectivity index (χ1) is 8.19. The van der Waals surface area contributed by atoms with Crippen LogP contribution in [0.4, 0.5) is 5.82 Å². The van der Waals surface area contributed by atoms with Gasteiger partial charge < -0.3 is 15.2 Å². The molecule has 0 saturated heterocycles. The minimum absolute atomic E-state index is 0.560. The van der Waals surface area contributed by atoms with Crippen molar-refractivity contribution in [1.29, 1.82) is 0 Å². The fraction of sp³-hybridized carbons (Fsp3) is 0.636. The molecule has 0 bridgehead atoms. The number of hydrogen-bond acceptors (Lipinski definition) is 5. The maximum absolute atomic E-state index is 5.83. The molecular formula is C11H18IN3O2. The second-order valence-electron chi connectivity index (χ2n) is 3.49. The van der Waals surface area contributed by atoms with Crippen molar-refractivity contribution in [3.8, 4) is 0 Å². The van der Waals surface area contributed by atoms with Crippen LogP contribution in [0.3, 0.4) is 0 Å². The first-order valence-corrected chi connectivity index (χ1v) is 6.64. The molecule has 5 nitrogen and oxygen atoms in total. The molecule has 6 heteroatoms. The van der Waals surface area contributed by atoms with E-state index < -0.39 is 0 Å². The lowest BCUT2D eigenvalue weighted by atomic mass is 10.3. The second-order valence-corrected chi connectivity index (χ2v) is 4.57. The van der Waals surface area contributed by atoms with E-state index in [9.17, 15) is 0 Å². The molecule has 1 heterocycles. The van der Waals surface area contributed by atoms with Gasteiger partial charge >= 0.3 is 0 Å². The van der Waals surface area contributed by atoms with Crippen LogP contribution in [-0.4, -0.2) is 36.9 Å². The van der Waals surface area contributed by atoms with Gasteiger partial charge in [0.2, 0.25) is 0 Å². The third-order valence-corrected chi connectivity index (χ3v) is 3.40. The van der Waals surface area contributed by atoms with E-state index in [0.29, 0.717) is 32.1 Å². The number of nitrogens with zero attached hydrogens (tertiary/aromatic N) is 2. The van der Waals surface area contributed by atoms with Gasteiger partial charge in [0.1, 0.15) is 11.6 Å². The summed E-state index contributed by atoms with van der Waals surface area (Å²) in [5.41, 5.74) is 6.83. The molecule has 0 fully saturated rings. The van der Waals surface area contributed by atoms with E-state index in [0.717, 1.165) is 21.5 Å². The highest BCUT2D eigenvalue weighted by Crippen LogP contribution is 2.16. The lowest BCUT2D eigenvalue weighted by molar-refractivity contribution is 0.0716. The Bertz CT molecular complexity index is 361. The van der Waals surface area contributed by atoms with Crippen LogP contribution >= 0.6 is 22.6 Å². The molecule has 0 spiro atoms. The lowest BCUT2D eigenvalue weighted by Gasteiger charge is -2.07. The number of nitrogen functional groups attached to an aromatic ring is 1. The summed E-state index contributed by atoms with van der Waals surface area (Å²) in [6.45, 7) is 3.85. The van der Waals surface area contributed by atoms with E-state index in [2.05, 4.69) is 39.5 Å². The number of hydrogen-bond donors (Lipinski definition) is 1. The standard InChI is InChI=1S/C11H18IN3O2/c1-3-8-10(12)11(13)15-9(14-8)4-5-17-7-6-16-2/h3-7H2,1-2H3,(H2,13,14,15). The van der Waals surface area contributed by atoms with E-state index in [1.165, 1.54) is 0 Å². The molecule has 1 aromatic rings. The van der Waals surface area contributed by atoms with Gasteiger partial charge in [0.15, 0.2) is 0 Å². The van der Waals surface area contributed by atoms with Crippen molar-refractivity contribution < 1.29 is 9.47 Å². The third kappa shape index (κ3) is 4.72. The topological polar surface area (TPSA) is 70.3 Å². The molecule has 0 aliphatic rings. The van der Waals surface area contributed by atoms with Crippen LogP contribution in [0.2, 0.25) is 0 Å². The smallest absolute Gasteiger partial charge is 0.140 e. The Morgan fingerprint density at radius 3 is 2.65 bits per heavy atom. The van der Waals surface area contributed by atoms with Crippen LogP contribution in [0.1, 0.15) is 18.4 Å². The number of methoxy groups -OCH3 is 1. The summed E-state index contributed by atoms with van der Waals surface area (Å²) in [4.78, 5) is 8.71. The summed E-state index contributed by atoms with van der Waals surface area (Å²) in [6, 6.07) is 0. The molecule has 0 atom stereocenters. The van der Waals surface area contributed by atoms with Crippen molar-refractivity contribution in [2.24, 2.45) is 0 Å². The first kappa shape index (κ1) is 14.6. The molecule has 1 rings (SSSR count). The van der Waals surface area contributed by atoms with E-state index >= 15 is 0 Å². The zero-order chi connectivity index (χ0) is 12.7. The third-order valence-electron chi connectivity index (χ3n) is 2.23. The van der Waals surface area contributed by atoms with Gasteiger partial charge in [-0.15, -0.1) is 0 Å². The molecule has 0 saturated carbocycles. The van der Waals surface area contributed by atoms with Crippen LogP contribution in [0, 0.1) is 3.57 Å². The molecule has 96 valence electrons. The van der Waals surface area contributed by atoms with Gasteiger partial charge in [0.05, 0.1) is 29.1 Å². The van der Waals surface area contributed by atoms with Gasteiger partial charge in [-0.2, -0.15) is 0 Å². The lowest BCUT2D eigenvalue weighted by Crippen LogP contribution is -2.10. The molecule has 0 radical (unpaired) electrons. The number of ether oxygens (including phenoxy) is 2. The Balaban J connectivity index is 2.51. The van der Waals surface area contributed by atoms with E-state index in [1.807, 2.05) is 0 Å². The molecule has 0 aliphatic carbocycles. The summed E-state index contributed by atoms with van der Waals surface area (Å²) in [5.74, 6) is 1.31. The first-order valence-electron chi connectivity index (χ1n) is 5.56. The van der Waals surface area contributed by atoms with Crippen LogP contribution in [-0.2, 0) is 22.3 Å². The Kier molecular flexibility index (Phi) is 6.68. The van der Waals surface area contributed by atoms with Gasteiger partial charge in [-0.1, -0.05) is 6.92 Å². The van der Waals surface area contributed by atoms with Crippen molar-refractivity contribution >= 4 is 28.4 Å². The highest BCUT2D eigenvalue weighted by atomic mass is 127. The summed E-state index contributed by atoms with van der Waals surface area (Å²) < 4.78 is 11.2. The zero-order valence-corrected chi connectivity index (χ0v) is 12.4. The molecule has 1 aromatic heterocycles. The maximum Gasteiger partial charge on any atom is 0.140 e. The molecule has 17 heavy (non-hydrogen) atoms. The fourth-order valence-corrected chi connectivity index (χ4v) is 1.94. The molecule has 2 N–H and O–H groups in total. The van der Waals surface area contributed by atoms with Crippen molar-refractivity contribution in [2.75, 3.05) is 32.7 Å². The highest BCUT2D eigenvalue weighted by molar-refractivity contribution is 14.1. The van der Waals surface area contributed by atoms with E-state index in [4.69, 9.17) is 15.2 Å². The van der Waals surface area contributed by atoms with Gasteiger partial charge in [0.25, 0.3) is 0 Å². The number of nitrogens with two attached hydrogens (primary N) is 1. The van der Waals surface area contributed by atoms with Crippen molar-refractivity contribution in [1.82, 2.24) is 9.97 Å². The molecule has 0 aromatic carbocycles. The molecule has 0 unspecified atom stereocenters. The molecule has 0 aliphatic heterocycles. The number of aryl methyl sites for hydroxylation is 1. The average Bonchev–Trinajstić information content (AvgIpc) is 2.33. The summed E-state index contributed by atoms with van der Waals surface area (Å²) in [6.07, 6.45) is 1.54. The number of halogens is 1. The number of aromatic nitrogens is 2. The maximum atomic E-state index is 5.83. The predicted molar refractivity (Wildman–Crippen MR) is 74.9 cm³/mol. The minimum Gasteiger partial charge on any atom is -0.383 e. The average molecular weight is 351 g/mol. The Hall–Kier alpha value is -0.470.